The minimum absolute atomic E-state index is 0. The molecule has 1 aromatic carbocycles. The van der Waals surface area contributed by atoms with Gasteiger partial charge in [-0.1, -0.05) is 38.1 Å². The number of halogens is 1. The van der Waals surface area contributed by atoms with E-state index < -0.39 is 10.0 Å². The molecule has 0 aliphatic heterocycles. The van der Waals surface area contributed by atoms with Crippen LogP contribution in [0.5, 0.6) is 0 Å². The van der Waals surface area contributed by atoms with E-state index in [1.807, 2.05) is 31.2 Å². The number of nitrogens with two attached hydrogens (primary N) is 1. The molecule has 0 fully saturated rings. The molecule has 0 saturated carbocycles. The Morgan fingerprint density at radius 3 is 2.23 bits per heavy atom. The van der Waals surface area contributed by atoms with E-state index in [1.54, 1.807) is 0 Å². The van der Waals surface area contributed by atoms with Gasteiger partial charge in [0, 0.05) is 19.2 Å². The summed E-state index contributed by atoms with van der Waals surface area (Å²) in [5.74, 6) is 0.423. The lowest BCUT2D eigenvalue weighted by Gasteiger charge is -2.15. The molecular weight excluding hydrogens is 324 g/mol. The molecule has 0 spiro atoms. The van der Waals surface area contributed by atoms with Crippen molar-refractivity contribution in [3.8, 4) is 0 Å². The summed E-state index contributed by atoms with van der Waals surface area (Å²) in [6.45, 7) is 6.98. The van der Waals surface area contributed by atoms with E-state index in [0.29, 0.717) is 12.5 Å². The molecule has 0 aliphatic rings. The first kappa shape index (κ1) is 21.3. The molecule has 0 aromatic heterocycles. The molecule has 1 rings (SSSR count). The van der Waals surface area contributed by atoms with Crippen LogP contribution < -0.4 is 10.5 Å². The van der Waals surface area contributed by atoms with Gasteiger partial charge < -0.3 is 10.5 Å². The summed E-state index contributed by atoms with van der Waals surface area (Å²) in [7, 11) is -3.33. The van der Waals surface area contributed by atoms with Crippen LogP contribution >= 0.6 is 12.4 Å². The third kappa shape index (κ3) is 7.56. The summed E-state index contributed by atoms with van der Waals surface area (Å²) in [6.07, 6.45) is 0. The Bertz CT molecular complexity index is 518. The van der Waals surface area contributed by atoms with Crippen molar-refractivity contribution in [2.45, 2.75) is 32.7 Å². The maximum Gasteiger partial charge on any atom is 0.213 e. The highest BCUT2D eigenvalue weighted by Crippen LogP contribution is 2.17. The number of benzene rings is 1. The summed E-state index contributed by atoms with van der Waals surface area (Å²) >= 11 is 0. The molecule has 0 aliphatic carbocycles. The van der Waals surface area contributed by atoms with Gasteiger partial charge in [-0.05, 0) is 24.0 Å². The zero-order chi connectivity index (χ0) is 15.9. The fourth-order valence-corrected chi connectivity index (χ4v) is 2.76. The first-order valence-corrected chi connectivity index (χ1v) is 8.91. The fourth-order valence-electron chi connectivity index (χ4n) is 1.85. The van der Waals surface area contributed by atoms with Crippen LogP contribution in [0.3, 0.4) is 0 Å². The van der Waals surface area contributed by atoms with Crippen LogP contribution in [0.4, 0.5) is 0 Å². The average molecular weight is 351 g/mol. The Kier molecular flexibility index (Phi) is 9.87. The van der Waals surface area contributed by atoms with Crippen molar-refractivity contribution in [2.75, 3.05) is 25.5 Å². The average Bonchev–Trinajstić information content (AvgIpc) is 2.45. The van der Waals surface area contributed by atoms with Gasteiger partial charge >= 0.3 is 0 Å². The molecule has 7 heteroatoms. The normalized spacial score (nSPS) is 13.0. The maximum absolute atomic E-state index is 11.7. The van der Waals surface area contributed by atoms with Crippen LogP contribution in [-0.2, 0) is 14.8 Å². The zero-order valence-corrected chi connectivity index (χ0v) is 15.0. The molecule has 0 saturated heterocycles. The lowest BCUT2D eigenvalue weighted by Crippen LogP contribution is -2.34. The van der Waals surface area contributed by atoms with E-state index in [2.05, 4.69) is 18.6 Å². The molecule has 22 heavy (non-hydrogen) atoms. The van der Waals surface area contributed by atoms with E-state index >= 15 is 0 Å². The molecule has 3 N–H and O–H groups in total. The van der Waals surface area contributed by atoms with Crippen LogP contribution in [0.2, 0.25) is 0 Å². The summed E-state index contributed by atoms with van der Waals surface area (Å²) in [5, 5.41) is 0. The topological polar surface area (TPSA) is 81.4 Å². The molecule has 0 heterocycles. The molecule has 1 aromatic rings. The van der Waals surface area contributed by atoms with Crippen molar-refractivity contribution in [1.29, 1.82) is 0 Å². The highest BCUT2D eigenvalue weighted by Gasteiger charge is 2.13. The van der Waals surface area contributed by atoms with Gasteiger partial charge in [0.1, 0.15) is 0 Å². The zero-order valence-electron chi connectivity index (χ0n) is 13.4. The summed E-state index contributed by atoms with van der Waals surface area (Å²) in [4.78, 5) is 0. The first-order valence-electron chi connectivity index (χ1n) is 7.26. The Labute approximate surface area is 140 Å². The van der Waals surface area contributed by atoms with Crippen molar-refractivity contribution in [2.24, 2.45) is 5.73 Å². The second-order valence-corrected chi connectivity index (χ2v) is 7.22. The number of hydrogen-bond acceptors (Lipinski definition) is 4. The molecule has 0 amide bonds. The highest BCUT2D eigenvalue weighted by molar-refractivity contribution is 7.89. The second kappa shape index (κ2) is 10.2. The van der Waals surface area contributed by atoms with Crippen LogP contribution in [0.25, 0.3) is 0 Å². The van der Waals surface area contributed by atoms with Gasteiger partial charge in [-0.25, -0.2) is 13.1 Å². The minimum Gasteiger partial charge on any atom is -0.381 e. The second-order valence-electron chi connectivity index (χ2n) is 5.29. The number of ether oxygens (including phenoxy) is 1. The standard InChI is InChI=1S/C15H26N2O3S.ClH/c1-4-20-9-10-21(18,19)17-11-15(16)14-7-5-13(6-8-14)12(2)3;/h5-8,12,15,17H,4,9-11,16H2,1-3H3;1H. The van der Waals surface area contributed by atoms with E-state index in [1.165, 1.54) is 5.56 Å². The van der Waals surface area contributed by atoms with Gasteiger partial charge in [0.05, 0.1) is 12.4 Å². The van der Waals surface area contributed by atoms with E-state index in [9.17, 15) is 8.42 Å². The predicted octanol–water partition coefficient (Wildman–Crippen LogP) is 2.19. The SMILES string of the molecule is CCOCCS(=O)(=O)NCC(N)c1ccc(C(C)C)cc1.Cl. The fraction of sp³-hybridized carbons (Fsp3) is 0.600. The molecule has 0 bridgehead atoms. The third-order valence-electron chi connectivity index (χ3n) is 3.25. The molecular formula is C15H27ClN2O3S. The van der Waals surface area contributed by atoms with Crippen molar-refractivity contribution in [1.82, 2.24) is 4.72 Å². The van der Waals surface area contributed by atoms with Crippen molar-refractivity contribution < 1.29 is 13.2 Å². The van der Waals surface area contributed by atoms with E-state index in [4.69, 9.17) is 10.5 Å². The number of nitrogens with one attached hydrogen (secondary N) is 1. The third-order valence-corrected chi connectivity index (χ3v) is 4.57. The summed E-state index contributed by atoms with van der Waals surface area (Å²) in [6, 6.07) is 7.61. The molecule has 128 valence electrons. The molecule has 0 radical (unpaired) electrons. The minimum atomic E-state index is -3.33. The van der Waals surface area contributed by atoms with Gasteiger partial charge in [0.15, 0.2) is 0 Å². The Hall–Kier alpha value is -0.660. The van der Waals surface area contributed by atoms with Gasteiger partial charge in [0.2, 0.25) is 10.0 Å². The van der Waals surface area contributed by atoms with Gasteiger partial charge in [-0.3, -0.25) is 0 Å². The summed E-state index contributed by atoms with van der Waals surface area (Å²) in [5.41, 5.74) is 8.19. The quantitative estimate of drug-likeness (QED) is 0.669. The van der Waals surface area contributed by atoms with E-state index in [-0.39, 0.29) is 37.4 Å². The number of rotatable bonds is 9. The van der Waals surface area contributed by atoms with Crippen LogP contribution in [-0.4, -0.2) is 33.9 Å². The van der Waals surface area contributed by atoms with Crippen LogP contribution in [0.1, 0.15) is 43.9 Å². The lowest BCUT2D eigenvalue weighted by molar-refractivity contribution is 0.163. The Balaban J connectivity index is 0.00000441. The number of sulfonamides is 1. The van der Waals surface area contributed by atoms with Gasteiger partial charge in [-0.15, -0.1) is 12.4 Å². The smallest absolute Gasteiger partial charge is 0.213 e. The summed E-state index contributed by atoms with van der Waals surface area (Å²) < 4.78 is 31.0. The predicted molar refractivity (Wildman–Crippen MR) is 93.0 cm³/mol. The van der Waals surface area contributed by atoms with Crippen molar-refractivity contribution in [3.63, 3.8) is 0 Å². The first-order chi connectivity index (χ1) is 9.85. The Morgan fingerprint density at radius 1 is 1.18 bits per heavy atom. The largest absolute Gasteiger partial charge is 0.381 e. The molecule has 5 nitrogen and oxygen atoms in total. The van der Waals surface area contributed by atoms with Crippen LogP contribution in [0, 0.1) is 0 Å². The highest BCUT2D eigenvalue weighted by atomic mass is 35.5. The molecule has 1 unspecified atom stereocenters. The van der Waals surface area contributed by atoms with Gasteiger partial charge in [-0.2, -0.15) is 0 Å². The van der Waals surface area contributed by atoms with Crippen molar-refractivity contribution >= 4 is 22.4 Å². The van der Waals surface area contributed by atoms with Gasteiger partial charge in [0.25, 0.3) is 0 Å². The maximum atomic E-state index is 11.7. The monoisotopic (exact) mass is 350 g/mol. The molecule has 1 atom stereocenters. The van der Waals surface area contributed by atoms with Crippen LogP contribution in [0.15, 0.2) is 24.3 Å². The Morgan fingerprint density at radius 2 is 1.73 bits per heavy atom. The van der Waals surface area contributed by atoms with E-state index in [0.717, 1.165) is 5.56 Å². The van der Waals surface area contributed by atoms with Crippen molar-refractivity contribution in [3.05, 3.63) is 35.4 Å². The number of hydrogen-bond donors (Lipinski definition) is 2. The lowest BCUT2D eigenvalue weighted by atomic mass is 9.99.